The summed E-state index contributed by atoms with van der Waals surface area (Å²) in [5.74, 6) is 3.96. The van der Waals surface area contributed by atoms with E-state index in [-0.39, 0.29) is 12.6 Å². The molecule has 2 aromatic rings. The van der Waals surface area contributed by atoms with E-state index < -0.39 is 0 Å². The minimum atomic E-state index is -0.109. The Hall–Kier alpha value is -3.13. The molecule has 0 unspecified atom stereocenters. The van der Waals surface area contributed by atoms with Crippen LogP contribution in [0.2, 0.25) is 0 Å². The van der Waals surface area contributed by atoms with Crippen molar-refractivity contribution in [1.82, 2.24) is 10.2 Å². The van der Waals surface area contributed by atoms with Gasteiger partial charge in [0.15, 0.2) is 0 Å². The number of ether oxygens (including phenoxy) is 2. The number of nitrogens with one attached hydrogen (secondary N) is 1. The first kappa shape index (κ1) is 19.2. The van der Waals surface area contributed by atoms with E-state index in [1.807, 2.05) is 48.5 Å². The van der Waals surface area contributed by atoms with Gasteiger partial charge in [-0.3, -0.25) is 0 Å². The fourth-order valence-electron chi connectivity index (χ4n) is 2.44. The Morgan fingerprint density at radius 2 is 1.92 bits per heavy atom. The normalized spacial score (nSPS) is 9.88. The van der Waals surface area contributed by atoms with Gasteiger partial charge in [0.1, 0.15) is 18.1 Å². The van der Waals surface area contributed by atoms with Crippen LogP contribution in [0.15, 0.2) is 48.5 Å². The molecular formula is C21H24N2O3. The Labute approximate surface area is 154 Å². The van der Waals surface area contributed by atoms with Gasteiger partial charge in [0.25, 0.3) is 0 Å². The van der Waals surface area contributed by atoms with E-state index in [4.69, 9.17) is 15.9 Å². The summed E-state index contributed by atoms with van der Waals surface area (Å²) in [5, 5.41) is 2.93. The SMILES string of the molecule is C#CCOc1ccc(CCNC(=O)N(C)Cc2cccc(OC)c2)cc1. The maximum atomic E-state index is 12.2. The summed E-state index contributed by atoms with van der Waals surface area (Å²) in [6, 6.07) is 15.3. The van der Waals surface area contributed by atoms with Crippen molar-refractivity contribution in [3.05, 3.63) is 59.7 Å². The fourth-order valence-corrected chi connectivity index (χ4v) is 2.44. The van der Waals surface area contributed by atoms with Crippen molar-refractivity contribution in [3.63, 3.8) is 0 Å². The number of carbonyl (C=O) groups excluding carboxylic acids is 1. The molecule has 26 heavy (non-hydrogen) atoms. The smallest absolute Gasteiger partial charge is 0.317 e. The minimum Gasteiger partial charge on any atom is -0.497 e. The Bertz CT molecular complexity index is 751. The van der Waals surface area contributed by atoms with Crippen LogP contribution in [-0.4, -0.2) is 38.2 Å². The van der Waals surface area contributed by atoms with Crippen LogP contribution in [0.5, 0.6) is 11.5 Å². The minimum absolute atomic E-state index is 0.109. The topological polar surface area (TPSA) is 50.8 Å². The molecule has 0 aliphatic rings. The summed E-state index contributed by atoms with van der Waals surface area (Å²) in [4.78, 5) is 13.9. The highest BCUT2D eigenvalue weighted by molar-refractivity contribution is 5.73. The summed E-state index contributed by atoms with van der Waals surface area (Å²) >= 11 is 0. The quantitative estimate of drug-likeness (QED) is 0.743. The second kappa shape index (κ2) is 10.00. The van der Waals surface area contributed by atoms with Crippen LogP contribution in [0, 0.1) is 12.3 Å². The van der Waals surface area contributed by atoms with Gasteiger partial charge in [0.2, 0.25) is 0 Å². The van der Waals surface area contributed by atoms with E-state index in [0.717, 1.165) is 29.0 Å². The highest BCUT2D eigenvalue weighted by Gasteiger charge is 2.09. The molecule has 5 nitrogen and oxygen atoms in total. The molecule has 0 aliphatic carbocycles. The molecule has 2 amide bonds. The zero-order valence-corrected chi connectivity index (χ0v) is 15.2. The van der Waals surface area contributed by atoms with Crippen molar-refractivity contribution in [2.45, 2.75) is 13.0 Å². The van der Waals surface area contributed by atoms with Crippen LogP contribution < -0.4 is 14.8 Å². The predicted molar refractivity (Wildman–Crippen MR) is 102 cm³/mol. The van der Waals surface area contributed by atoms with Gasteiger partial charge >= 0.3 is 6.03 Å². The van der Waals surface area contributed by atoms with E-state index in [9.17, 15) is 4.79 Å². The third-order valence-corrected chi connectivity index (χ3v) is 3.84. The summed E-state index contributed by atoms with van der Waals surface area (Å²) in [7, 11) is 3.40. The number of nitrogens with zero attached hydrogens (tertiary/aromatic N) is 1. The molecule has 1 N–H and O–H groups in total. The van der Waals surface area contributed by atoms with Gasteiger partial charge in [-0.25, -0.2) is 4.79 Å². The van der Waals surface area contributed by atoms with Gasteiger partial charge in [-0.15, -0.1) is 6.42 Å². The standard InChI is InChI=1S/C21H24N2O3/c1-4-14-26-19-10-8-17(9-11-19)12-13-22-21(24)23(2)16-18-6-5-7-20(15-18)25-3/h1,5-11,15H,12-14,16H2,2-3H3,(H,22,24). The van der Waals surface area contributed by atoms with Gasteiger partial charge in [-0.1, -0.05) is 30.2 Å². The van der Waals surface area contributed by atoms with Gasteiger partial charge in [0.05, 0.1) is 7.11 Å². The van der Waals surface area contributed by atoms with E-state index in [1.54, 1.807) is 19.1 Å². The number of amides is 2. The molecule has 2 rings (SSSR count). The lowest BCUT2D eigenvalue weighted by Crippen LogP contribution is -2.37. The van der Waals surface area contributed by atoms with Crippen molar-refractivity contribution in [2.24, 2.45) is 0 Å². The summed E-state index contributed by atoms with van der Waals surface area (Å²) in [6.07, 6.45) is 5.91. The number of methoxy groups -OCH3 is 1. The molecule has 0 aliphatic heterocycles. The summed E-state index contributed by atoms with van der Waals surface area (Å²) in [5.41, 5.74) is 2.14. The molecule has 0 heterocycles. The van der Waals surface area contributed by atoms with E-state index >= 15 is 0 Å². The number of urea groups is 1. The molecule has 0 fully saturated rings. The predicted octanol–water partition coefficient (Wildman–Crippen LogP) is 3.09. The molecular weight excluding hydrogens is 328 g/mol. The van der Waals surface area contributed by atoms with Crippen LogP contribution in [0.4, 0.5) is 4.79 Å². The first-order chi connectivity index (χ1) is 12.6. The Kier molecular flexibility index (Phi) is 7.38. The highest BCUT2D eigenvalue weighted by Crippen LogP contribution is 2.14. The van der Waals surface area contributed by atoms with Crippen molar-refractivity contribution >= 4 is 6.03 Å². The summed E-state index contributed by atoms with van der Waals surface area (Å²) < 4.78 is 10.5. The van der Waals surface area contributed by atoms with Crippen molar-refractivity contribution in [1.29, 1.82) is 0 Å². The van der Waals surface area contributed by atoms with Gasteiger partial charge < -0.3 is 19.7 Å². The third-order valence-electron chi connectivity index (χ3n) is 3.84. The van der Waals surface area contributed by atoms with E-state index in [0.29, 0.717) is 13.1 Å². The maximum absolute atomic E-state index is 12.2. The average molecular weight is 352 g/mol. The Balaban J connectivity index is 1.76. The molecule has 0 bridgehead atoms. The lowest BCUT2D eigenvalue weighted by Gasteiger charge is -2.18. The Morgan fingerprint density at radius 3 is 2.62 bits per heavy atom. The molecule has 0 radical (unpaired) electrons. The molecule has 0 saturated heterocycles. The highest BCUT2D eigenvalue weighted by atomic mass is 16.5. The van der Waals surface area contributed by atoms with Crippen molar-refractivity contribution in [2.75, 3.05) is 27.3 Å². The number of rotatable bonds is 8. The second-order valence-corrected chi connectivity index (χ2v) is 5.83. The molecule has 136 valence electrons. The van der Waals surface area contributed by atoms with Crippen LogP contribution in [0.1, 0.15) is 11.1 Å². The fraction of sp³-hybridized carbons (Fsp3) is 0.286. The molecule has 2 aromatic carbocycles. The van der Waals surface area contributed by atoms with Gasteiger partial charge in [-0.05, 0) is 41.8 Å². The molecule has 5 heteroatoms. The molecule has 0 aromatic heterocycles. The maximum Gasteiger partial charge on any atom is 0.317 e. The zero-order chi connectivity index (χ0) is 18.8. The third kappa shape index (κ3) is 6.06. The molecule has 0 saturated carbocycles. The van der Waals surface area contributed by atoms with Crippen LogP contribution in [-0.2, 0) is 13.0 Å². The average Bonchev–Trinajstić information content (AvgIpc) is 2.67. The largest absolute Gasteiger partial charge is 0.497 e. The van der Waals surface area contributed by atoms with Gasteiger partial charge in [0, 0.05) is 20.1 Å². The van der Waals surface area contributed by atoms with Crippen LogP contribution in [0.25, 0.3) is 0 Å². The number of hydrogen-bond acceptors (Lipinski definition) is 3. The van der Waals surface area contributed by atoms with Crippen LogP contribution in [0.3, 0.4) is 0 Å². The zero-order valence-electron chi connectivity index (χ0n) is 15.2. The molecule has 0 spiro atoms. The first-order valence-corrected chi connectivity index (χ1v) is 8.39. The first-order valence-electron chi connectivity index (χ1n) is 8.39. The number of carbonyl (C=O) groups is 1. The van der Waals surface area contributed by atoms with E-state index in [1.165, 1.54) is 0 Å². The van der Waals surface area contributed by atoms with Gasteiger partial charge in [-0.2, -0.15) is 0 Å². The Morgan fingerprint density at radius 1 is 1.15 bits per heavy atom. The lowest BCUT2D eigenvalue weighted by atomic mass is 10.1. The van der Waals surface area contributed by atoms with Crippen molar-refractivity contribution < 1.29 is 14.3 Å². The number of hydrogen-bond donors (Lipinski definition) is 1. The number of benzene rings is 2. The second-order valence-electron chi connectivity index (χ2n) is 5.83. The lowest BCUT2D eigenvalue weighted by molar-refractivity contribution is 0.207. The number of terminal acetylenes is 1. The molecule has 0 atom stereocenters. The van der Waals surface area contributed by atoms with E-state index in [2.05, 4.69) is 11.2 Å². The summed E-state index contributed by atoms with van der Waals surface area (Å²) in [6.45, 7) is 1.34. The monoisotopic (exact) mass is 352 g/mol. The van der Waals surface area contributed by atoms with Crippen molar-refractivity contribution in [3.8, 4) is 23.8 Å². The van der Waals surface area contributed by atoms with Crippen LogP contribution >= 0.6 is 0 Å².